The number of likely N-dealkylation sites (N-methyl/N-ethyl adjacent to an activating group) is 1. The van der Waals surface area contributed by atoms with E-state index in [2.05, 4.69) is 41.7 Å². The first-order valence-electron chi connectivity index (χ1n) is 6.77. The smallest absolute Gasteiger partial charge is 0.242 e. The van der Waals surface area contributed by atoms with Gasteiger partial charge in [-0.15, -0.1) is 0 Å². The number of carbonyl (C=O) groups is 1. The predicted molar refractivity (Wildman–Crippen MR) is 80.3 cm³/mol. The van der Waals surface area contributed by atoms with E-state index < -0.39 is 5.54 Å². The molecule has 1 amide bonds. The first kappa shape index (κ1) is 12.9. The molecule has 1 aliphatic carbocycles. The average molecular weight is 266 g/mol. The van der Waals surface area contributed by atoms with Crippen LogP contribution in [0.2, 0.25) is 0 Å². The van der Waals surface area contributed by atoms with E-state index in [1.807, 2.05) is 13.0 Å². The van der Waals surface area contributed by atoms with E-state index >= 15 is 0 Å². The second kappa shape index (κ2) is 4.46. The lowest BCUT2D eigenvalue weighted by atomic mass is 9.89. The third-order valence-corrected chi connectivity index (χ3v) is 4.36. The van der Waals surface area contributed by atoms with Gasteiger partial charge in [0.05, 0.1) is 0 Å². The Morgan fingerprint density at radius 1 is 1.15 bits per heavy atom. The zero-order valence-electron chi connectivity index (χ0n) is 11.7. The van der Waals surface area contributed by atoms with E-state index in [0.29, 0.717) is 0 Å². The number of fused-ring (bicyclic) bond motifs is 3. The minimum Gasteiger partial charge on any atom is -0.368 e. The summed E-state index contributed by atoms with van der Waals surface area (Å²) in [5.41, 5.74) is 10.8. The fourth-order valence-electron chi connectivity index (χ4n) is 2.87. The van der Waals surface area contributed by atoms with Crippen LogP contribution in [-0.4, -0.2) is 13.0 Å². The van der Waals surface area contributed by atoms with E-state index in [1.165, 1.54) is 22.3 Å². The van der Waals surface area contributed by atoms with Gasteiger partial charge in [0, 0.05) is 0 Å². The SMILES string of the molecule is CNC(C)(C(N)=O)c1ccc2c(c1)Cc1ccccc1-2. The van der Waals surface area contributed by atoms with Crippen LogP contribution in [0.5, 0.6) is 0 Å². The van der Waals surface area contributed by atoms with Crippen molar-refractivity contribution < 1.29 is 4.79 Å². The zero-order valence-corrected chi connectivity index (χ0v) is 11.7. The van der Waals surface area contributed by atoms with Gasteiger partial charge in [0.2, 0.25) is 5.91 Å². The molecule has 0 radical (unpaired) electrons. The van der Waals surface area contributed by atoms with E-state index in [0.717, 1.165) is 12.0 Å². The van der Waals surface area contributed by atoms with Crippen LogP contribution in [0.1, 0.15) is 23.6 Å². The molecule has 0 saturated heterocycles. The maximum absolute atomic E-state index is 11.7. The van der Waals surface area contributed by atoms with Crippen LogP contribution in [0, 0.1) is 0 Å². The van der Waals surface area contributed by atoms with Gasteiger partial charge in [0.25, 0.3) is 0 Å². The van der Waals surface area contributed by atoms with Gasteiger partial charge in [-0.2, -0.15) is 0 Å². The summed E-state index contributed by atoms with van der Waals surface area (Å²) >= 11 is 0. The number of benzene rings is 2. The Morgan fingerprint density at radius 2 is 1.85 bits per heavy atom. The molecule has 1 unspecified atom stereocenters. The summed E-state index contributed by atoms with van der Waals surface area (Å²) in [6.45, 7) is 1.82. The molecule has 102 valence electrons. The summed E-state index contributed by atoms with van der Waals surface area (Å²) in [6, 6.07) is 14.6. The maximum Gasteiger partial charge on any atom is 0.242 e. The van der Waals surface area contributed by atoms with Crippen LogP contribution in [0.25, 0.3) is 11.1 Å². The molecule has 0 spiro atoms. The largest absolute Gasteiger partial charge is 0.368 e. The van der Waals surface area contributed by atoms with Gasteiger partial charge in [-0.25, -0.2) is 0 Å². The summed E-state index contributed by atoms with van der Waals surface area (Å²) < 4.78 is 0. The number of nitrogens with two attached hydrogens (primary N) is 1. The monoisotopic (exact) mass is 266 g/mol. The van der Waals surface area contributed by atoms with E-state index in [4.69, 9.17) is 5.73 Å². The number of rotatable bonds is 3. The standard InChI is InChI=1S/C17H18N2O/c1-17(19-2,16(18)20)13-7-8-15-12(10-13)9-11-5-3-4-6-14(11)15/h3-8,10,19H,9H2,1-2H3,(H2,18,20). The highest BCUT2D eigenvalue weighted by molar-refractivity contribution is 5.86. The summed E-state index contributed by atoms with van der Waals surface area (Å²) in [5, 5.41) is 3.03. The minimum atomic E-state index is -0.830. The lowest BCUT2D eigenvalue weighted by molar-refractivity contribution is -0.123. The van der Waals surface area contributed by atoms with Crippen molar-refractivity contribution >= 4 is 5.91 Å². The highest BCUT2D eigenvalue weighted by atomic mass is 16.1. The number of hydrogen-bond donors (Lipinski definition) is 2. The van der Waals surface area contributed by atoms with Gasteiger partial charge < -0.3 is 11.1 Å². The van der Waals surface area contributed by atoms with Crippen LogP contribution in [0.4, 0.5) is 0 Å². The molecule has 1 atom stereocenters. The molecule has 3 N–H and O–H groups in total. The zero-order chi connectivity index (χ0) is 14.3. The van der Waals surface area contributed by atoms with Crippen molar-refractivity contribution in [2.45, 2.75) is 18.9 Å². The Balaban J connectivity index is 2.09. The second-order valence-electron chi connectivity index (χ2n) is 5.45. The molecule has 20 heavy (non-hydrogen) atoms. The molecular weight excluding hydrogens is 248 g/mol. The molecule has 1 aliphatic rings. The third-order valence-electron chi connectivity index (χ3n) is 4.36. The minimum absolute atomic E-state index is 0.365. The van der Waals surface area contributed by atoms with Crippen molar-refractivity contribution in [3.63, 3.8) is 0 Å². The second-order valence-corrected chi connectivity index (χ2v) is 5.45. The van der Waals surface area contributed by atoms with Crippen molar-refractivity contribution in [3.8, 4) is 11.1 Å². The van der Waals surface area contributed by atoms with Gasteiger partial charge in [0.15, 0.2) is 0 Å². The Labute approximate surface area is 118 Å². The quantitative estimate of drug-likeness (QED) is 0.763. The Morgan fingerprint density at radius 3 is 2.55 bits per heavy atom. The molecule has 0 aliphatic heterocycles. The van der Waals surface area contributed by atoms with Crippen molar-refractivity contribution in [1.29, 1.82) is 0 Å². The molecule has 2 aromatic rings. The highest BCUT2D eigenvalue weighted by Gasteiger charge is 2.32. The van der Waals surface area contributed by atoms with Gasteiger partial charge in [-0.1, -0.05) is 42.5 Å². The molecular formula is C17H18N2O. The lowest BCUT2D eigenvalue weighted by Crippen LogP contribution is -2.48. The lowest BCUT2D eigenvalue weighted by Gasteiger charge is -2.26. The number of hydrogen-bond acceptors (Lipinski definition) is 2. The molecule has 0 saturated carbocycles. The van der Waals surface area contributed by atoms with Crippen LogP contribution >= 0.6 is 0 Å². The summed E-state index contributed by atoms with van der Waals surface area (Å²) in [4.78, 5) is 11.7. The van der Waals surface area contributed by atoms with Gasteiger partial charge in [-0.3, -0.25) is 4.79 Å². The van der Waals surface area contributed by atoms with Crippen molar-refractivity contribution in [2.75, 3.05) is 7.05 Å². The first-order chi connectivity index (χ1) is 9.56. The first-order valence-corrected chi connectivity index (χ1v) is 6.77. The number of primary amides is 1. The van der Waals surface area contributed by atoms with Crippen LogP contribution in [0.15, 0.2) is 42.5 Å². The summed E-state index contributed by atoms with van der Waals surface area (Å²) in [7, 11) is 1.76. The Hall–Kier alpha value is -2.13. The summed E-state index contributed by atoms with van der Waals surface area (Å²) in [6.07, 6.45) is 0.915. The highest BCUT2D eigenvalue weighted by Crippen LogP contribution is 2.38. The topological polar surface area (TPSA) is 55.1 Å². The fourth-order valence-corrected chi connectivity index (χ4v) is 2.87. The van der Waals surface area contributed by atoms with Gasteiger partial charge >= 0.3 is 0 Å². The molecule has 2 aromatic carbocycles. The van der Waals surface area contributed by atoms with Crippen LogP contribution in [0.3, 0.4) is 0 Å². The molecule has 0 aromatic heterocycles. The summed E-state index contributed by atoms with van der Waals surface area (Å²) in [5.74, 6) is -0.365. The third kappa shape index (κ3) is 1.74. The number of carbonyl (C=O) groups excluding carboxylic acids is 1. The van der Waals surface area contributed by atoms with Crippen LogP contribution in [-0.2, 0) is 16.8 Å². The molecule has 3 nitrogen and oxygen atoms in total. The molecule has 3 heteroatoms. The van der Waals surface area contributed by atoms with Crippen molar-refractivity contribution in [3.05, 3.63) is 59.2 Å². The fraction of sp³-hybridized carbons (Fsp3) is 0.235. The normalized spacial score (nSPS) is 15.3. The van der Waals surface area contributed by atoms with Gasteiger partial charge in [-0.05, 0) is 48.2 Å². The van der Waals surface area contributed by atoms with Crippen molar-refractivity contribution in [2.24, 2.45) is 5.73 Å². The molecule has 0 bridgehead atoms. The Bertz CT molecular complexity index is 693. The maximum atomic E-state index is 11.7. The van der Waals surface area contributed by atoms with E-state index in [1.54, 1.807) is 7.05 Å². The molecule has 3 rings (SSSR count). The van der Waals surface area contributed by atoms with Gasteiger partial charge in [0.1, 0.15) is 5.54 Å². The average Bonchev–Trinajstić information content (AvgIpc) is 2.83. The molecule has 0 fully saturated rings. The number of nitrogens with one attached hydrogen (secondary N) is 1. The number of amides is 1. The predicted octanol–water partition coefficient (Wildman–Crippen LogP) is 2.18. The van der Waals surface area contributed by atoms with Crippen LogP contribution < -0.4 is 11.1 Å². The van der Waals surface area contributed by atoms with E-state index in [9.17, 15) is 4.79 Å². The molecule has 0 heterocycles. The Kier molecular flexibility index (Phi) is 2.87. The van der Waals surface area contributed by atoms with E-state index in [-0.39, 0.29) is 5.91 Å². The van der Waals surface area contributed by atoms with Crippen molar-refractivity contribution in [1.82, 2.24) is 5.32 Å².